The topological polar surface area (TPSA) is 85.8 Å². The van der Waals surface area contributed by atoms with Crippen molar-refractivity contribution < 1.29 is 4.79 Å². The fourth-order valence-electron chi connectivity index (χ4n) is 3.08. The van der Waals surface area contributed by atoms with Gasteiger partial charge in [-0.3, -0.25) is 9.36 Å². The van der Waals surface area contributed by atoms with Gasteiger partial charge in [0.1, 0.15) is 0 Å². The van der Waals surface area contributed by atoms with Gasteiger partial charge in [0.2, 0.25) is 5.91 Å². The lowest BCUT2D eigenvalue weighted by Gasteiger charge is -2.11. The number of thioether (sulfide) groups is 1. The van der Waals surface area contributed by atoms with Crippen LogP contribution in [0.3, 0.4) is 0 Å². The Labute approximate surface area is 189 Å². The molecule has 0 radical (unpaired) electrons. The van der Waals surface area contributed by atoms with Crippen molar-refractivity contribution >= 4 is 40.6 Å². The maximum atomic E-state index is 12.6. The van der Waals surface area contributed by atoms with Gasteiger partial charge in [-0.25, -0.2) is 0 Å². The predicted octanol–water partition coefficient (Wildman–Crippen LogP) is 5.21. The number of hydrogen-bond donors (Lipinski definition) is 2. The fourth-order valence-corrected chi connectivity index (χ4v) is 4.01. The Bertz CT molecular complexity index is 1230. The summed E-state index contributed by atoms with van der Waals surface area (Å²) in [6.45, 7) is 1.92. The second-order valence-corrected chi connectivity index (χ2v) is 8.28. The molecule has 0 aliphatic rings. The van der Waals surface area contributed by atoms with E-state index < -0.39 is 0 Å². The zero-order valence-electron chi connectivity index (χ0n) is 16.7. The molecule has 6 nitrogen and oxygen atoms in total. The SMILES string of the molecule is Cc1ccc(Cl)cc1NC(=O)CSc1nnc(-c2cccc(N)c2)n1-c1ccccc1. The quantitative estimate of drug-likeness (QED) is 0.312. The highest BCUT2D eigenvalue weighted by atomic mass is 35.5. The van der Waals surface area contributed by atoms with E-state index in [2.05, 4.69) is 15.5 Å². The van der Waals surface area contributed by atoms with Gasteiger partial charge in [-0.15, -0.1) is 10.2 Å². The molecule has 3 aromatic carbocycles. The molecule has 0 saturated carbocycles. The van der Waals surface area contributed by atoms with Gasteiger partial charge in [-0.2, -0.15) is 0 Å². The second-order valence-electron chi connectivity index (χ2n) is 6.90. The minimum Gasteiger partial charge on any atom is -0.399 e. The first-order chi connectivity index (χ1) is 15.0. The van der Waals surface area contributed by atoms with Crippen molar-refractivity contribution in [3.05, 3.63) is 83.4 Å². The van der Waals surface area contributed by atoms with E-state index in [1.807, 2.05) is 72.2 Å². The number of carbonyl (C=O) groups is 1. The molecule has 0 aliphatic heterocycles. The molecule has 156 valence electrons. The first kappa shape index (κ1) is 21.0. The standard InChI is InChI=1S/C23H20ClN5OS/c1-15-10-11-17(24)13-20(15)26-21(30)14-31-23-28-27-22(16-6-5-7-18(25)12-16)29(23)19-8-3-2-4-9-19/h2-13H,14,25H2,1H3,(H,26,30). The Morgan fingerprint density at radius 1 is 1.06 bits per heavy atom. The van der Waals surface area contributed by atoms with Crippen molar-refractivity contribution in [2.24, 2.45) is 0 Å². The van der Waals surface area contributed by atoms with E-state index in [4.69, 9.17) is 17.3 Å². The number of nitrogen functional groups attached to an aromatic ring is 1. The van der Waals surface area contributed by atoms with Crippen molar-refractivity contribution in [1.82, 2.24) is 14.8 Å². The highest BCUT2D eigenvalue weighted by Crippen LogP contribution is 2.29. The number of nitrogens with one attached hydrogen (secondary N) is 1. The van der Waals surface area contributed by atoms with Crippen LogP contribution in [-0.4, -0.2) is 26.4 Å². The third kappa shape index (κ3) is 4.90. The minimum absolute atomic E-state index is 0.150. The first-order valence-corrected chi connectivity index (χ1v) is 10.9. The fraction of sp³-hybridized carbons (Fsp3) is 0.0870. The molecule has 0 spiro atoms. The number of carbonyl (C=O) groups excluding carboxylic acids is 1. The lowest BCUT2D eigenvalue weighted by Crippen LogP contribution is -2.15. The van der Waals surface area contributed by atoms with E-state index in [1.165, 1.54) is 11.8 Å². The van der Waals surface area contributed by atoms with Gasteiger partial charge < -0.3 is 11.1 Å². The summed E-state index contributed by atoms with van der Waals surface area (Å²) in [6, 6.07) is 22.7. The van der Waals surface area contributed by atoms with Crippen LogP contribution >= 0.6 is 23.4 Å². The second kappa shape index (κ2) is 9.24. The summed E-state index contributed by atoms with van der Waals surface area (Å²) in [5.41, 5.74) is 10.00. The molecule has 3 N–H and O–H groups in total. The summed E-state index contributed by atoms with van der Waals surface area (Å²) >= 11 is 7.36. The molecule has 1 aromatic heterocycles. The maximum Gasteiger partial charge on any atom is 0.234 e. The third-order valence-corrected chi connectivity index (χ3v) is 5.76. The minimum atomic E-state index is -0.150. The Morgan fingerprint density at radius 2 is 1.87 bits per heavy atom. The monoisotopic (exact) mass is 449 g/mol. The van der Waals surface area contributed by atoms with Crippen LogP contribution in [0.2, 0.25) is 5.02 Å². The summed E-state index contributed by atoms with van der Waals surface area (Å²) in [5.74, 6) is 0.684. The number of hydrogen-bond acceptors (Lipinski definition) is 5. The average molecular weight is 450 g/mol. The molecule has 1 amide bonds. The van der Waals surface area contributed by atoms with E-state index >= 15 is 0 Å². The van der Waals surface area contributed by atoms with Crippen LogP contribution in [0, 0.1) is 6.92 Å². The van der Waals surface area contributed by atoms with Crippen LogP contribution in [0.5, 0.6) is 0 Å². The van der Waals surface area contributed by atoms with E-state index in [9.17, 15) is 4.79 Å². The average Bonchev–Trinajstić information content (AvgIpc) is 3.19. The van der Waals surface area contributed by atoms with Crippen molar-refractivity contribution in [3.8, 4) is 17.1 Å². The van der Waals surface area contributed by atoms with Crippen molar-refractivity contribution in [2.75, 3.05) is 16.8 Å². The number of nitrogens with zero attached hydrogens (tertiary/aromatic N) is 3. The number of amides is 1. The first-order valence-electron chi connectivity index (χ1n) is 9.57. The van der Waals surface area contributed by atoms with Crippen LogP contribution in [-0.2, 0) is 4.79 Å². The van der Waals surface area contributed by atoms with Gasteiger partial charge in [0.25, 0.3) is 0 Å². The van der Waals surface area contributed by atoms with E-state index in [1.54, 1.807) is 12.1 Å². The lowest BCUT2D eigenvalue weighted by atomic mass is 10.2. The molecule has 1 heterocycles. The summed E-state index contributed by atoms with van der Waals surface area (Å²) in [4.78, 5) is 12.6. The lowest BCUT2D eigenvalue weighted by molar-refractivity contribution is -0.113. The molecule has 4 aromatic rings. The summed E-state index contributed by atoms with van der Waals surface area (Å²) < 4.78 is 1.93. The Kier molecular flexibility index (Phi) is 6.25. The Morgan fingerprint density at radius 3 is 2.65 bits per heavy atom. The molecule has 0 atom stereocenters. The number of anilines is 2. The summed E-state index contributed by atoms with van der Waals surface area (Å²) in [7, 11) is 0. The predicted molar refractivity (Wildman–Crippen MR) is 127 cm³/mol. The zero-order chi connectivity index (χ0) is 21.8. The van der Waals surface area contributed by atoms with Crippen LogP contribution in [0.4, 0.5) is 11.4 Å². The number of benzene rings is 3. The van der Waals surface area contributed by atoms with Crippen molar-refractivity contribution in [2.45, 2.75) is 12.1 Å². The molecular formula is C23H20ClN5OS. The molecule has 0 saturated heterocycles. The van der Waals surface area contributed by atoms with Gasteiger partial charge >= 0.3 is 0 Å². The van der Waals surface area contributed by atoms with Gasteiger partial charge in [0.15, 0.2) is 11.0 Å². The van der Waals surface area contributed by atoms with Crippen LogP contribution < -0.4 is 11.1 Å². The molecule has 4 rings (SSSR count). The van der Waals surface area contributed by atoms with Crippen molar-refractivity contribution in [3.63, 3.8) is 0 Å². The summed E-state index contributed by atoms with van der Waals surface area (Å²) in [5, 5.41) is 12.8. The molecule has 0 aliphatic carbocycles. The Balaban J connectivity index is 1.60. The molecular weight excluding hydrogens is 430 g/mol. The smallest absolute Gasteiger partial charge is 0.234 e. The van der Waals surface area contributed by atoms with Crippen LogP contribution in [0.15, 0.2) is 78.0 Å². The molecule has 31 heavy (non-hydrogen) atoms. The number of nitrogens with two attached hydrogens (primary N) is 1. The maximum absolute atomic E-state index is 12.6. The summed E-state index contributed by atoms with van der Waals surface area (Å²) in [6.07, 6.45) is 0. The largest absolute Gasteiger partial charge is 0.399 e. The third-order valence-electron chi connectivity index (χ3n) is 4.60. The van der Waals surface area contributed by atoms with Gasteiger partial charge in [0.05, 0.1) is 5.75 Å². The van der Waals surface area contributed by atoms with Gasteiger partial charge in [-0.05, 0) is 48.9 Å². The highest BCUT2D eigenvalue weighted by molar-refractivity contribution is 7.99. The molecule has 0 fully saturated rings. The van der Waals surface area contributed by atoms with Crippen LogP contribution in [0.1, 0.15) is 5.56 Å². The number of aromatic nitrogens is 3. The number of halogens is 1. The van der Waals surface area contributed by atoms with Gasteiger partial charge in [0, 0.05) is 27.6 Å². The number of rotatable bonds is 6. The van der Waals surface area contributed by atoms with E-state index in [0.717, 1.165) is 16.8 Å². The molecule has 8 heteroatoms. The van der Waals surface area contributed by atoms with E-state index in [-0.39, 0.29) is 11.7 Å². The Hall–Kier alpha value is -3.29. The number of aryl methyl sites for hydroxylation is 1. The normalized spacial score (nSPS) is 10.8. The number of para-hydroxylation sites is 1. The van der Waals surface area contributed by atoms with Crippen molar-refractivity contribution in [1.29, 1.82) is 0 Å². The van der Waals surface area contributed by atoms with Crippen LogP contribution in [0.25, 0.3) is 17.1 Å². The van der Waals surface area contributed by atoms with E-state index in [0.29, 0.717) is 27.4 Å². The van der Waals surface area contributed by atoms with Gasteiger partial charge in [-0.1, -0.05) is 59.8 Å². The molecule has 0 bridgehead atoms. The highest BCUT2D eigenvalue weighted by Gasteiger charge is 2.17. The molecule has 0 unspecified atom stereocenters. The zero-order valence-corrected chi connectivity index (χ0v) is 18.3.